The number of unbranched alkanes of at least 4 members (excludes halogenated alkanes) is 3. The van der Waals surface area contributed by atoms with E-state index in [1.165, 1.54) is 11.9 Å². The van der Waals surface area contributed by atoms with Gasteiger partial charge in [0.25, 0.3) is 5.56 Å². The molecule has 5 amide bonds. The summed E-state index contributed by atoms with van der Waals surface area (Å²) in [4.78, 5) is 82.0. The first-order chi connectivity index (χ1) is 25.3. The van der Waals surface area contributed by atoms with Crippen molar-refractivity contribution in [3.05, 3.63) is 56.9 Å². The summed E-state index contributed by atoms with van der Waals surface area (Å²) < 4.78 is 12.4. The Kier molecular flexibility index (Phi) is 12.0. The molecule has 6 N–H and O–H groups in total. The molecule has 53 heavy (non-hydrogen) atoms. The lowest BCUT2D eigenvalue weighted by atomic mass is 9.86. The summed E-state index contributed by atoms with van der Waals surface area (Å²) in [6.45, 7) is 6.22. The van der Waals surface area contributed by atoms with E-state index in [1.54, 1.807) is 35.8 Å². The maximum absolute atomic E-state index is 13.6. The van der Waals surface area contributed by atoms with E-state index in [2.05, 4.69) is 22.9 Å². The van der Waals surface area contributed by atoms with Crippen LogP contribution in [0.4, 0.5) is 9.59 Å². The van der Waals surface area contributed by atoms with Crippen LogP contribution < -0.4 is 32.0 Å². The third kappa shape index (κ3) is 8.11. The second kappa shape index (κ2) is 16.4. The first kappa shape index (κ1) is 38.7. The molecule has 0 fully saturated rings. The number of rotatable bonds is 15. The Morgan fingerprint density at radius 2 is 1.85 bits per heavy atom. The van der Waals surface area contributed by atoms with Gasteiger partial charge in [-0.3, -0.25) is 14.4 Å². The Bertz CT molecular complexity index is 2000. The summed E-state index contributed by atoms with van der Waals surface area (Å²) in [6.07, 6.45) is 3.40. The zero-order valence-corrected chi connectivity index (χ0v) is 30.5. The average molecular weight is 734 g/mol. The third-order valence-electron chi connectivity index (χ3n) is 9.74. The number of urea groups is 1. The van der Waals surface area contributed by atoms with Crippen LogP contribution >= 0.6 is 0 Å². The zero-order valence-electron chi connectivity index (χ0n) is 30.5. The van der Waals surface area contributed by atoms with E-state index in [0.29, 0.717) is 29.9 Å². The van der Waals surface area contributed by atoms with Gasteiger partial charge in [-0.15, -0.1) is 0 Å². The highest BCUT2D eigenvalue weighted by Gasteiger charge is 2.45. The lowest BCUT2D eigenvalue weighted by molar-refractivity contribution is -0.172. The topological polar surface area (TPSA) is 224 Å². The highest BCUT2D eigenvalue weighted by molar-refractivity contribution is 5.92. The Balaban J connectivity index is 1.24. The molecule has 2 atom stereocenters. The van der Waals surface area contributed by atoms with Crippen molar-refractivity contribution in [2.45, 2.75) is 90.5 Å². The molecule has 0 saturated carbocycles. The van der Waals surface area contributed by atoms with Crippen LogP contribution in [0.15, 0.2) is 29.1 Å². The van der Waals surface area contributed by atoms with Crippen LogP contribution in [0.2, 0.25) is 0 Å². The Hall–Kier alpha value is -5.51. The minimum absolute atomic E-state index is 0.00702. The number of nitrogens with one attached hydrogen (secondary N) is 3. The van der Waals surface area contributed by atoms with Crippen molar-refractivity contribution in [1.29, 1.82) is 0 Å². The van der Waals surface area contributed by atoms with E-state index in [-0.39, 0.29) is 55.1 Å². The second-order valence-corrected chi connectivity index (χ2v) is 13.3. The summed E-state index contributed by atoms with van der Waals surface area (Å²) in [5.41, 5.74) is 6.90. The molecule has 3 aromatic rings. The van der Waals surface area contributed by atoms with Gasteiger partial charge in [0.1, 0.15) is 18.4 Å². The SMILES string of the molecule is CCCCCCNC(=O)N[C@H](CC(N)=O)C(=O)NCCN(C)C(=O)Oc1ccc2nc3c(c(CC)c2c1)Cn1c-3cc2c(c1=O)COC(=O)[C@]2(O)CC. The molecule has 2 aliphatic rings. The van der Waals surface area contributed by atoms with Crippen molar-refractivity contribution in [3.8, 4) is 17.1 Å². The van der Waals surface area contributed by atoms with Crippen LogP contribution in [-0.2, 0) is 44.3 Å². The minimum atomic E-state index is -1.93. The summed E-state index contributed by atoms with van der Waals surface area (Å²) in [6, 6.07) is 4.92. The number of hydrogen-bond donors (Lipinski definition) is 5. The van der Waals surface area contributed by atoms with Crippen molar-refractivity contribution >= 4 is 40.8 Å². The number of aryl methyl sites for hydroxylation is 1. The van der Waals surface area contributed by atoms with Crippen LogP contribution in [0.1, 0.15) is 81.5 Å². The third-order valence-corrected chi connectivity index (χ3v) is 9.74. The molecule has 4 heterocycles. The van der Waals surface area contributed by atoms with E-state index >= 15 is 0 Å². The number of esters is 1. The van der Waals surface area contributed by atoms with Gasteiger partial charge in [-0.25, -0.2) is 19.4 Å². The number of fused-ring (bicyclic) bond motifs is 5. The van der Waals surface area contributed by atoms with Gasteiger partial charge in [-0.2, -0.15) is 0 Å². The number of nitrogens with two attached hydrogens (primary N) is 1. The fourth-order valence-electron chi connectivity index (χ4n) is 6.72. The number of benzene rings is 1. The zero-order chi connectivity index (χ0) is 38.4. The smallest absolute Gasteiger partial charge is 0.415 e. The Labute approximate surface area is 306 Å². The maximum atomic E-state index is 13.6. The number of pyridine rings is 2. The van der Waals surface area contributed by atoms with E-state index in [0.717, 1.165) is 42.2 Å². The van der Waals surface area contributed by atoms with Gasteiger partial charge in [0.15, 0.2) is 5.60 Å². The number of ether oxygens (including phenoxy) is 2. The lowest BCUT2D eigenvalue weighted by Gasteiger charge is -2.31. The molecule has 16 heteroatoms. The van der Waals surface area contributed by atoms with Crippen LogP contribution in [0, 0.1) is 0 Å². The van der Waals surface area contributed by atoms with Crippen LogP contribution in [0.3, 0.4) is 0 Å². The monoisotopic (exact) mass is 733 g/mol. The van der Waals surface area contributed by atoms with Crippen molar-refractivity contribution in [2.24, 2.45) is 5.73 Å². The van der Waals surface area contributed by atoms with Crippen LogP contribution in [0.5, 0.6) is 5.75 Å². The van der Waals surface area contributed by atoms with Gasteiger partial charge in [0, 0.05) is 43.2 Å². The molecular weight excluding hydrogens is 686 g/mol. The number of hydrogen-bond acceptors (Lipinski definition) is 10. The van der Waals surface area contributed by atoms with Crippen molar-refractivity contribution in [3.63, 3.8) is 0 Å². The number of aliphatic hydroxyl groups is 1. The molecule has 284 valence electrons. The summed E-state index contributed by atoms with van der Waals surface area (Å²) in [5, 5.41) is 19.7. The number of amides is 5. The Morgan fingerprint density at radius 3 is 2.55 bits per heavy atom. The van der Waals surface area contributed by atoms with Gasteiger partial charge in [0.05, 0.1) is 35.4 Å². The first-order valence-electron chi connectivity index (χ1n) is 18.0. The van der Waals surface area contributed by atoms with Crippen molar-refractivity contribution in [1.82, 2.24) is 30.4 Å². The highest BCUT2D eigenvalue weighted by Crippen LogP contribution is 2.40. The van der Waals surface area contributed by atoms with Crippen molar-refractivity contribution < 1.29 is 38.6 Å². The van der Waals surface area contributed by atoms with Gasteiger partial charge in [-0.05, 0) is 49.1 Å². The maximum Gasteiger partial charge on any atom is 0.415 e. The number of aromatic nitrogens is 2. The molecule has 0 bridgehead atoms. The van der Waals surface area contributed by atoms with Gasteiger partial charge in [-0.1, -0.05) is 40.0 Å². The summed E-state index contributed by atoms with van der Waals surface area (Å²) in [7, 11) is 1.50. The quantitative estimate of drug-likeness (QED) is 0.0886. The molecule has 0 aliphatic carbocycles. The van der Waals surface area contributed by atoms with Gasteiger partial charge in [0.2, 0.25) is 11.8 Å². The van der Waals surface area contributed by atoms with Gasteiger partial charge < -0.3 is 45.7 Å². The molecular formula is C37H47N7O9. The highest BCUT2D eigenvalue weighted by atomic mass is 16.6. The number of likely N-dealkylation sites (N-methyl/N-ethyl adjacent to an activating group) is 1. The molecule has 0 unspecified atom stereocenters. The summed E-state index contributed by atoms with van der Waals surface area (Å²) in [5.74, 6) is -1.91. The average Bonchev–Trinajstić information content (AvgIpc) is 3.50. The number of primary amides is 1. The molecule has 5 rings (SSSR count). The fraction of sp³-hybridized carbons (Fsp3) is 0.486. The first-order valence-corrected chi connectivity index (χ1v) is 18.0. The molecule has 1 aromatic carbocycles. The Morgan fingerprint density at radius 1 is 1.08 bits per heavy atom. The molecule has 2 aliphatic heterocycles. The van der Waals surface area contributed by atoms with Crippen LogP contribution in [-0.4, -0.2) is 82.2 Å². The molecule has 0 saturated heterocycles. The predicted molar refractivity (Wildman–Crippen MR) is 194 cm³/mol. The lowest BCUT2D eigenvalue weighted by Crippen LogP contribution is -2.52. The van der Waals surface area contributed by atoms with Gasteiger partial charge >= 0.3 is 18.1 Å². The molecule has 2 aromatic heterocycles. The van der Waals surface area contributed by atoms with E-state index in [1.807, 2.05) is 6.92 Å². The standard InChI is InChI=1S/C37H47N7O9/c1-5-8-9-10-13-40-35(49)42-28(18-30(38)45)32(46)39-14-15-43(4)36(50)53-21-11-12-27-23(16-21)22(6-2)24-19-44-29(31(24)41-27)17-26-25(33(44)47)20-52-34(48)37(26,51)7-3/h11-12,16-17,28,51H,5-10,13-15,18-20H2,1-4H3,(H2,38,45)(H,39,46)(H2,40,42,49)/t28-,37+/m1/s1. The predicted octanol–water partition coefficient (Wildman–Crippen LogP) is 2.31. The molecule has 0 radical (unpaired) electrons. The molecule has 16 nitrogen and oxygen atoms in total. The van der Waals surface area contributed by atoms with Crippen LogP contribution in [0.25, 0.3) is 22.3 Å². The molecule has 0 spiro atoms. The normalized spacial score (nSPS) is 16.1. The number of nitrogens with zero attached hydrogens (tertiary/aromatic N) is 3. The number of carbonyl (C=O) groups is 5. The number of cyclic esters (lactones) is 1. The van der Waals surface area contributed by atoms with E-state index < -0.39 is 48.0 Å². The fourth-order valence-corrected chi connectivity index (χ4v) is 6.72. The largest absolute Gasteiger partial charge is 0.458 e. The van der Waals surface area contributed by atoms with E-state index in [4.69, 9.17) is 20.2 Å². The number of carbonyl (C=O) groups excluding carboxylic acids is 5. The summed E-state index contributed by atoms with van der Waals surface area (Å²) >= 11 is 0. The minimum Gasteiger partial charge on any atom is -0.458 e. The van der Waals surface area contributed by atoms with E-state index in [9.17, 15) is 33.9 Å². The second-order valence-electron chi connectivity index (χ2n) is 13.3. The van der Waals surface area contributed by atoms with Crippen molar-refractivity contribution in [2.75, 3.05) is 26.7 Å².